The standard InChI is InChI=1S/C39H49N17O10/c1-3-20-24(49-51-56(20)39-45-32(43-19-10-6-7-11-19)26-34(47-39)54(16-41-26)35-29(61)27(59)21(13-57)65-35)37(63)64-14-22-28(60)30(62)36(66-22)53-15-40-25-31(42-18-8-4-5-9-18)44-38(46-33(25)53)55-12-23(48-50-55)52(2)17-58/h12,15-19,21-22,27-30,35-36,57,59-62H,3-11,13-14H2,1-2H3,(H,42,44,46)(H,43,45,47)/t21-,22-,27-,28-,29-,30-,35?,36-/m1/s1. The number of aliphatic hydroxyl groups is 5. The zero-order chi connectivity index (χ0) is 45.8. The smallest absolute Gasteiger partial charge is 0.360 e. The van der Waals surface area contributed by atoms with Gasteiger partial charge in [0.15, 0.2) is 57.9 Å². The van der Waals surface area contributed by atoms with Crippen LogP contribution in [-0.2, 0) is 25.4 Å². The van der Waals surface area contributed by atoms with Gasteiger partial charge in [-0.2, -0.15) is 29.3 Å². The number of carbonyl (C=O) groups is 2. The normalized spacial score (nSPS) is 26.0. The van der Waals surface area contributed by atoms with Gasteiger partial charge in [-0.3, -0.25) is 18.8 Å². The van der Waals surface area contributed by atoms with Gasteiger partial charge >= 0.3 is 5.97 Å². The molecule has 0 bridgehead atoms. The molecule has 350 valence electrons. The summed E-state index contributed by atoms with van der Waals surface area (Å²) in [6.45, 7) is 0.771. The molecule has 0 radical (unpaired) electrons. The number of hydrogen-bond donors (Lipinski definition) is 7. The third-order valence-corrected chi connectivity index (χ3v) is 12.7. The van der Waals surface area contributed by atoms with Crippen molar-refractivity contribution in [1.82, 2.24) is 69.0 Å². The van der Waals surface area contributed by atoms with Gasteiger partial charge < -0.3 is 50.4 Å². The molecular formula is C39H49N17O10. The van der Waals surface area contributed by atoms with E-state index in [0.29, 0.717) is 29.1 Å². The first-order chi connectivity index (χ1) is 32.0. The maximum atomic E-state index is 13.8. The summed E-state index contributed by atoms with van der Waals surface area (Å²) in [7, 11) is 1.53. The molecule has 6 aromatic rings. The van der Waals surface area contributed by atoms with E-state index in [0.717, 1.165) is 51.4 Å². The van der Waals surface area contributed by atoms with Gasteiger partial charge in [-0.25, -0.2) is 14.8 Å². The Labute approximate surface area is 373 Å². The monoisotopic (exact) mass is 915 g/mol. The number of nitrogens with zero attached hydrogens (tertiary/aromatic N) is 15. The summed E-state index contributed by atoms with van der Waals surface area (Å²) < 4.78 is 23.1. The minimum absolute atomic E-state index is 0.0130. The van der Waals surface area contributed by atoms with Crippen LogP contribution in [0.2, 0.25) is 0 Å². The highest BCUT2D eigenvalue weighted by atomic mass is 16.6. The molecule has 10 rings (SSSR count). The second-order valence-electron chi connectivity index (χ2n) is 16.9. The minimum atomic E-state index is -1.51. The van der Waals surface area contributed by atoms with Crippen molar-refractivity contribution in [3.8, 4) is 11.9 Å². The third kappa shape index (κ3) is 7.73. The summed E-state index contributed by atoms with van der Waals surface area (Å²) in [5.41, 5.74) is 1.33. The van der Waals surface area contributed by atoms with Crippen LogP contribution >= 0.6 is 0 Å². The molecule has 2 aliphatic heterocycles. The molecule has 8 atom stereocenters. The summed E-state index contributed by atoms with van der Waals surface area (Å²) in [5.74, 6) is 0.255. The van der Waals surface area contributed by atoms with Gasteiger partial charge in [0.1, 0.15) is 43.2 Å². The van der Waals surface area contributed by atoms with Crippen molar-refractivity contribution in [3.05, 3.63) is 30.2 Å². The van der Waals surface area contributed by atoms with Crippen LogP contribution in [0.15, 0.2) is 18.9 Å². The van der Waals surface area contributed by atoms with Gasteiger partial charge in [-0.1, -0.05) is 43.0 Å². The number of rotatable bonds is 15. The van der Waals surface area contributed by atoms with Crippen LogP contribution in [0.1, 0.15) is 86.9 Å². The first-order valence-corrected chi connectivity index (χ1v) is 21.9. The van der Waals surface area contributed by atoms with Crippen molar-refractivity contribution in [2.75, 3.05) is 35.8 Å². The molecule has 27 heteroatoms. The lowest BCUT2D eigenvalue weighted by molar-refractivity contribution is -0.107. The van der Waals surface area contributed by atoms with Crippen LogP contribution in [0.25, 0.3) is 34.2 Å². The van der Waals surface area contributed by atoms with Crippen molar-refractivity contribution in [2.45, 2.75) is 126 Å². The van der Waals surface area contributed by atoms with Crippen molar-refractivity contribution in [3.63, 3.8) is 0 Å². The highest BCUT2D eigenvalue weighted by Gasteiger charge is 2.46. The number of anilines is 3. The average molecular weight is 916 g/mol. The van der Waals surface area contributed by atoms with E-state index in [1.54, 1.807) is 6.92 Å². The zero-order valence-corrected chi connectivity index (χ0v) is 35.8. The number of aromatic nitrogens is 14. The maximum Gasteiger partial charge on any atom is 0.360 e. The Morgan fingerprint density at radius 3 is 1.92 bits per heavy atom. The Morgan fingerprint density at radius 2 is 1.36 bits per heavy atom. The molecule has 1 unspecified atom stereocenters. The van der Waals surface area contributed by atoms with Crippen LogP contribution in [0.3, 0.4) is 0 Å². The molecule has 2 saturated heterocycles. The number of esters is 1. The van der Waals surface area contributed by atoms with E-state index in [9.17, 15) is 35.1 Å². The predicted molar refractivity (Wildman–Crippen MR) is 225 cm³/mol. The first kappa shape index (κ1) is 43.5. The van der Waals surface area contributed by atoms with E-state index in [-0.39, 0.29) is 58.9 Å². The van der Waals surface area contributed by atoms with Crippen molar-refractivity contribution in [2.24, 2.45) is 0 Å². The van der Waals surface area contributed by atoms with E-state index in [2.05, 4.69) is 51.2 Å². The van der Waals surface area contributed by atoms with Gasteiger partial charge in [-0.15, -0.1) is 10.2 Å². The second kappa shape index (κ2) is 17.8. The average Bonchev–Trinajstić information content (AvgIpc) is 4.19. The molecule has 2 saturated carbocycles. The van der Waals surface area contributed by atoms with Crippen molar-refractivity contribution in [1.29, 1.82) is 0 Å². The summed E-state index contributed by atoms with van der Waals surface area (Å²) in [5, 5.41) is 77.1. The lowest BCUT2D eigenvalue weighted by atomic mass is 10.1. The Hall–Kier alpha value is -6.36. The van der Waals surface area contributed by atoms with Crippen LogP contribution in [0.4, 0.5) is 17.5 Å². The number of hydrogen-bond acceptors (Lipinski definition) is 22. The lowest BCUT2D eigenvalue weighted by Gasteiger charge is -2.18. The molecule has 0 spiro atoms. The summed E-state index contributed by atoms with van der Waals surface area (Å²) in [4.78, 5) is 54.3. The number of carbonyl (C=O) groups excluding carboxylic acids is 2. The number of amides is 1. The van der Waals surface area contributed by atoms with E-state index in [4.69, 9.17) is 24.2 Å². The first-order valence-electron chi connectivity index (χ1n) is 21.9. The topological polar surface area (TPSA) is 339 Å². The number of aliphatic hydroxyl groups excluding tert-OH is 5. The van der Waals surface area contributed by atoms with Gasteiger partial charge in [0.25, 0.3) is 11.9 Å². The Balaban J connectivity index is 0.902. The largest absolute Gasteiger partial charge is 0.458 e. The maximum absolute atomic E-state index is 13.8. The van der Waals surface area contributed by atoms with E-state index in [1.807, 2.05) is 0 Å². The van der Waals surface area contributed by atoms with Crippen LogP contribution < -0.4 is 15.5 Å². The minimum Gasteiger partial charge on any atom is -0.458 e. The fourth-order valence-corrected chi connectivity index (χ4v) is 9.05. The van der Waals surface area contributed by atoms with E-state index in [1.165, 1.54) is 49.3 Å². The van der Waals surface area contributed by atoms with Crippen molar-refractivity contribution < 1.29 is 49.3 Å². The van der Waals surface area contributed by atoms with Crippen molar-refractivity contribution >= 4 is 52.2 Å². The van der Waals surface area contributed by atoms with Crippen LogP contribution in [-0.4, -0.2) is 176 Å². The molecule has 27 nitrogen and oxygen atoms in total. The number of ether oxygens (including phenoxy) is 3. The molecule has 6 aromatic heterocycles. The number of imidazole rings is 2. The van der Waals surface area contributed by atoms with Crippen LogP contribution in [0.5, 0.6) is 0 Å². The fourth-order valence-electron chi connectivity index (χ4n) is 9.05. The molecule has 66 heavy (non-hydrogen) atoms. The fraction of sp³-hybridized carbons (Fsp3) is 0.590. The Bertz CT molecular complexity index is 2730. The predicted octanol–water partition coefficient (Wildman–Crippen LogP) is -0.921. The van der Waals surface area contributed by atoms with Crippen LogP contribution in [0, 0.1) is 0 Å². The third-order valence-electron chi connectivity index (χ3n) is 12.7. The van der Waals surface area contributed by atoms with E-state index < -0.39 is 68.3 Å². The molecule has 4 aliphatic rings. The lowest BCUT2D eigenvalue weighted by Crippen LogP contribution is -2.34. The van der Waals surface area contributed by atoms with Gasteiger partial charge in [0.2, 0.25) is 6.41 Å². The summed E-state index contributed by atoms with van der Waals surface area (Å²) in [6, 6.07) is 0.242. The molecular weight excluding hydrogens is 867 g/mol. The summed E-state index contributed by atoms with van der Waals surface area (Å²) in [6.07, 6.45) is 2.61. The number of nitrogens with one attached hydrogen (secondary N) is 2. The number of fused-ring (bicyclic) bond motifs is 2. The highest BCUT2D eigenvalue weighted by Crippen LogP contribution is 2.36. The molecule has 1 amide bonds. The summed E-state index contributed by atoms with van der Waals surface area (Å²) >= 11 is 0. The quantitative estimate of drug-likeness (QED) is 0.0484. The highest BCUT2D eigenvalue weighted by molar-refractivity contribution is 5.89. The SMILES string of the molecule is CCc1c(C(=O)OC[C@H]2O[C@@H](n3cnc4c(NC5CCCC5)nc(-n5cc(N(C)C=O)nn5)nc43)[C@H](O)[C@@H]2O)nnn1-c1nc(NC2CCCC2)c2ncn(C3O[C@H](CO)[C@@H](O)[C@H]3O)c2n1. The Morgan fingerprint density at radius 1 is 0.803 bits per heavy atom. The van der Waals surface area contributed by atoms with Gasteiger partial charge in [0, 0.05) is 19.1 Å². The molecule has 7 N–H and O–H groups in total. The molecule has 0 aromatic carbocycles. The second-order valence-corrected chi connectivity index (χ2v) is 16.9. The molecule has 4 fully saturated rings. The van der Waals surface area contributed by atoms with Gasteiger partial charge in [0.05, 0.1) is 31.2 Å². The Kier molecular flexibility index (Phi) is 11.7. The van der Waals surface area contributed by atoms with E-state index >= 15 is 0 Å². The molecule has 2 aliphatic carbocycles. The van der Waals surface area contributed by atoms with Gasteiger partial charge in [-0.05, 0) is 32.1 Å². The molecule has 8 heterocycles. The zero-order valence-electron chi connectivity index (χ0n) is 35.8.